The van der Waals surface area contributed by atoms with Gasteiger partial charge in [-0.15, -0.1) is 12.4 Å². The Bertz CT molecular complexity index is 1100. The fourth-order valence-electron chi connectivity index (χ4n) is 3.23. The molecule has 7 nitrogen and oxygen atoms in total. The zero-order valence-corrected chi connectivity index (χ0v) is 18.2. The van der Waals surface area contributed by atoms with Crippen LogP contribution in [0.1, 0.15) is 16.9 Å². The maximum atomic E-state index is 14.4. The molecule has 1 aliphatic heterocycles. The number of pyridine rings is 1. The Hall–Kier alpha value is -2.89. The average Bonchev–Trinajstić information content (AvgIpc) is 3.39. The lowest BCUT2D eigenvalue weighted by molar-refractivity contribution is 0.102. The number of hydrogen-bond donors (Lipinski definition) is 3. The number of nitrogens with zero attached hydrogens (tertiary/aromatic N) is 2. The molecule has 1 unspecified atom stereocenters. The number of halogens is 4. The molecule has 3 aromatic rings. The van der Waals surface area contributed by atoms with Crippen molar-refractivity contribution in [3.05, 3.63) is 53.6 Å². The van der Waals surface area contributed by atoms with Crippen LogP contribution in [0.2, 0.25) is 0 Å². The number of nitrogens with two attached hydrogens (primary N) is 1. The minimum atomic E-state index is -1.05. The summed E-state index contributed by atoms with van der Waals surface area (Å²) >= 11 is 1.06. The topological polar surface area (TPSA) is 102 Å². The second kappa shape index (κ2) is 10.2. The molecule has 0 bridgehead atoms. The summed E-state index contributed by atoms with van der Waals surface area (Å²) in [5.41, 5.74) is 4.06. The molecule has 3 heterocycles. The summed E-state index contributed by atoms with van der Waals surface area (Å²) in [5.74, 6) is -3.51. The van der Waals surface area contributed by atoms with E-state index in [1.54, 1.807) is 0 Å². The summed E-state index contributed by atoms with van der Waals surface area (Å²) in [6.45, 7) is 2.25. The van der Waals surface area contributed by atoms with Gasteiger partial charge >= 0.3 is 0 Å². The molecular weight excluding hydrogens is 467 g/mol. The normalized spacial score (nSPS) is 15.3. The Morgan fingerprint density at radius 3 is 2.72 bits per heavy atom. The van der Waals surface area contributed by atoms with Gasteiger partial charge in [0.05, 0.1) is 24.1 Å². The van der Waals surface area contributed by atoms with Gasteiger partial charge in [0, 0.05) is 30.1 Å². The van der Waals surface area contributed by atoms with Crippen LogP contribution in [-0.2, 0) is 0 Å². The first-order chi connectivity index (χ1) is 14.9. The first-order valence-electron chi connectivity index (χ1n) is 9.44. The summed E-state index contributed by atoms with van der Waals surface area (Å²) in [6.07, 6.45) is 2.40. The van der Waals surface area contributed by atoms with Gasteiger partial charge in [0.1, 0.15) is 23.0 Å². The van der Waals surface area contributed by atoms with E-state index in [9.17, 15) is 18.0 Å². The predicted molar refractivity (Wildman–Crippen MR) is 118 cm³/mol. The third-order valence-corrected chi connectivity index (χ3v) is 5.53. The van der Waals surface area contributed by atoms with Crippen molar-refractivity contribution in [2.24, 2.45) is 5.92 Å². The number of carbonyl (C=O) groups is 1. The number of ether oxygens (including phenoxy) is 1. The third kappa shape index (κ3) is 4.95. The summed E-state index contributed by atoms with van der Waals surface area (Å²) in [5, 5.41) is 6.21. The van der Waals surface area contributed by atoms with E-state index in [1.165, 1.54) is 6.20 Å². The van der Waals surface area contributed by atoms with Crippen molar-refractivity contribution in [3.8, 4) is 16.3 Å². The highest BCUT2D eigenvalue weighted by molar-refractivity contribution is 7.08. The minimum Gasteiger partial charge on any atom is -0.481 e. The molecule has 12 heteroatoms. The third-order valence-electron chi connectivity index (χ3n) is 4.82. The lowest BCUT2D eigenvalue weighted by Crippen LogP contribution is -2.18. The van der Waals surface area contributed by atoms with E-state index in [2.05, 4.69) is 20.0 Å². The number of amides is 1. The van der Waals surface area contributed by atoms with Crippen LogP contribution in [0.15, 0.2) is 30.5 Å². The number of anilines is 2. The van der Waals surface area contributed by atoms with Gasteiger partial charge in [0.15, 0.2) is 11.5 Å². The van der Waals surface area contributed by atoms with E-state index in [-0.39, 0.29) is 23.8 Å². The highest BCUT2D eigenvalue weighted by Crippen LogP contribution is 2.32. The van der Waals surface area contributed by atoms with Crippen LogP contribution in [0.3, 0.4) is 0 Å². The number of nitrogen functional groups attached to an aromatic ring is 1. The summed E-state index contributed by atoms with van der Waals surface area (Å²) in [6, 6.07) is 3.88. The fourth-order valence-corrected chi connectivity index (χ4v) is 3.81. The second-order valence-electron chi connectivity index (χ2n) is 7.00. The minimum absolute atomic E-state index is 0. The molecule has 1 fully saturated rings. The first kappa shape index (κ1) is 23.8. The van der Waals surface area contributed by atoms with Crippen molar-refractivity contribution < 1.29 is 22.7 Å². The van der Waals surface area contributed by atoms with E-state index in [0.29, 0.717) is 23.3 Å². The monoisotopic (exact) mass is 485 g/mol. The van der Waals surface area contributed by atoms with Crippen molar-refractivity contribution >= 4 is 41.2 Å². The Morgan fingerprint density at radius 2 is 2.03 bits per heavy atom. The maximum Gasteiger partial charge on any atom is 0.276 e. The smallest absolute Gasteiger partial charge is 0.276 e. The molecule has 1 atom stereocenters. The van der Waals surface area contributed by atoms with Crippen molar-refractivity contribution in [2.45, 2.75) is 6.42 Å². The summed E-state index contributed by atoms with van der Waals surface area (Å²) in [4.78, 5) is 16.6. The van der Waals surface area contributed by atoms with Crippen LogP contribution in [-0.4, -0.2) is 35.0 Å². The second-order valence-corrected chi connectivity index (χ2v) is 7.77. The number of carbonyl (C=O) groups excluding carboxylic acids is 1. The molecular formula is C20H19ClF3N5O2S. The standard InChI is InChI=1S/C20H18F3N5O2S.ClH/c21-11-2-1-3-12(22)16(11)17-13(23)6-14(24)18(28-17)19(29)27-15-8-26-31-20(15)30-9-10-4-5-25-7-10;/h1-3,6,8,10,25H,4-5,7,9,24H2,(H,27,29);1H. The van der Waals surface area contributed by atoms with Crippen LogP contribution in [0.25, 0.3) is 11.3 Å². The molecule has 1 amide bonds. The van der Waals surface area contributed by atoms with E-state index in [1.807, 2.05) is 0 Å². The largest absolute Gasteiger partial charge is 0.481 e. The highest BCUT2D eigenvalue weighted by Gasteiger charge is 2.23. The zero-order valence-electron chi connectivity index (χ0n) is 16.5. The van der Waals surface area contributed by atoms with Crippen molar-refractivity contribution in [1.29, 1.82) is 0 Å². The molecule has 0 radical (unpaired) electrons. The van der Waals surface area contributed by atoms with Gasteiger partial charge in [-0.05, 0) is 25.1 Å². The van der Waals surface area contributed by atoms with Gasteiger partial charge in [0.2, 0.25) is 5.06 Å². The van der Waals surface area contributed by atoms with E-state index in [0.717, 1.165) is 55.3 Å². The number of hydrogen-bond acceptors (Lipinski definition) is 7. The van der Waals surface area contributed by atoms with E-state index < -0.39 is 34.6 Å². The Morgan fingerprint density at radius 1 is 1.28 bits per heavy atom. The van der Waals surface area contributed by atoms with Gasteiger partial charge in [-0.3, -0.25) is 4.79 Å². The van der Waals surface area contributed by atoms with Crippen LogP contribution >= 0.6 is 23.9 Å². The molecule has 0 spiro atoms. The van der Waals surface area contributed by atoms with E-state index >= 15 is 0 Å². The van der Waals surface area contributed by atoms with Gasteiger partial charge in [-0.2, -0.15) is 4.37 Å². The van der Waals surface area contributed by atoms with Crippen molar-refractivity contribution in [2.75, 3.05) is 30.7 Å². The number of benzene rings is 1. The Kier molecular flexibility index (Phi) is 7.54. The zero-order chi connectivity index (χ0) is 22.0. The molecule has 0 saturated carbocycles. The molecule has 1 aromatic carbocycles. The number of nitrogens with one attached hydrogen (secondary N) is 2. The quantitative estimate of drug-likeness (QED) is 0.490. The van der Waals surface area contributed by atoms with Crippen molar-refractivity contribution in [1.82, 2.24) is 14.7 Å². The van der Waals surface area contributed by atoms with Crippen LogP contribution < -0.4 is 21.1 Å². The molecule has 0 aliphatic carbocycles. The van der Waals surface area contributed by atoms with Crippen molar-refractivity contribution in [3.63, 3.8) is 0 Å². The van der Waals surface area contributed by atoms with Gasteiger partial charge in [-0.25, -0.2) is 18.2 Å². The van der Waals surface area contributed by atoms with E-state index in [4.69, 9.17) is 10.5 Å². The van der Waals surface area contributed by atoms with Gasteiger partial charge in [0.25, 0.3) is 5.91 Å². The summed E-state index contributed by atoms with van der Waals surface area (Å²) < 4.78 is 52.4. The molecule has 4 N–H and O–H groups in total. The first-order valence-corrected chi connectivity index (χ1v) is 10.2. The number of aromatic nitrogens is 2. The molecule has 1 saturated heterocycles. The number of rotatable bonds is 6. The lowest BCUT2D eigenvalue weighted by atomic mass is 10.1. The van der Waals surface area contributed by atoms with Crippen LogP contribution in [0.4, 0.5) is 24.5 Å². The SMILES string of the molecule is Cl.Nc1cc(F)c(-c2c(F)cccc2F)nc1C(=O)Nc1cnsc1OCC1CCNC1. The fraction of sp³-hybridized carbons (Fsp3) is 0.250. The molecule has 32 heavy (non-hydrogen) atoms. The molecule has 2 aromatic heterocycles. The molecule has 4 rings (SSSR count). The lowest BCUT2D eigenvalue weighted by Gasteiger charge is -2.12. The van der Waals surface area contributed by atoms with Crippen LogP contribution in [0.5, 0.6) is 5.06 Å². The maximum absolute atomic E-state index is 14.4. The van der Waals surface area contributed by atoms with Gasteiger partial charge < -0.3 is 21.1 Å². The Balaban J connectivity index is 0.00000289. The molecule has 1 aliphatic rings. The average molecular weight is 486 g/mol. The van der Waals surface area contributed by atoms with Crippen LogP contribution in [0, 0.1) is 23.4 Å². The predicted octanol–water partition coefficient (Wildman–Crippen LogP) is 3.87. The highest BCUT2D eigenvalue weighted by atomic mass is 35.5. The Labute approximate surface area is 191 Å². The molecule has 170 valence electrons. The summed E-state index contributed by atoms with van der Waals surface area (Å²) in [7, 11) is 0. The van der Waals surface area contributed by atoms with Gasteiger partial charge in [-0.1, -0.05) is 6.07 Å².